The molecule has 0 spiro atoms. The van der Waals surface area contributed by atoms with Crippen LogP contribution in [0.1, 0.15) is 33.6 Å². The molecule has 0 saturated carbocycles. The summed E-state index contributed by atoms with van der Waals surface area (Å²) in [7, 11) is 0. The molecule has 0 aromatic rings. The van der Waals surface area contributed by atoms with E-state index in [9.17, 15) is 4.79 Å². The van der Waals surface area contributed by atoms with Crippen molar-refractivity contribution in [3.05, 3.63) is 0 Å². The third-order valence-corrected chi connectivity index (χ3v) is 1.69. The van der Waals surface area contributed by atoms with Gasteiger partial charge in [-0.1, -0.05) is 0 Å². The molecule has 0 amide bonds. The van der Waals surface area contributed by atoms with Gasteiger partial charge in [-0.2, -0.15) is 0 Å². The van der Waals surface area contributed by atoms with Crippen molar-refractivity contribution >= 4 is 5.97 Å². The molecule has 0 rings (SSSR count). The van der Waals surface area contributed by atoms with E-state index in [1.807, 2.05) is 20.8 Å². The third-order valence-electron chi connectivity index (χ3n) is 1.69. The van der Waals surface area contributed by atoms with E-state index in [4.69, 9.17) is 15.2 Å². The molecule has 2 atom stereocenters. The summed E-state index contributed by atoms with van der Waals surface area (Å²) in [6.45, 7) is 6.70. The van der Waals surface area contributed by atoms with Gasteiger partial charge in [-0.3, -0.25) is 4.79 Å². The van der Waals surface area contributed by atoms with Crippen LogP contribution in [0.4, 0.5) is 0 Å². The number of ether oxygens (including phenoxy) is 2. The smallest absolute Gasteiger partial charge is 0.306 e. The van der Waals surface area contributed by atoms with E-state index < -0.39 is 0 Å². The van der Waals surface area contributed by atoms with Crippen LogP contribution < -0.4 is 5.73 Å². The molecule has 0 saturated heterocycles. The van der Waals surface area contributed by atoms with E-state index in [2.05, 4.69) is 0 Å². The Labute approximate surface area is 85.8 Å². The molecule has 0 aromatic carbocycles. The van der Waals surface area contributed by atoms with Crippen molar-refractivity contribution in [3.8, 4) is 0 Å². The van der Waals surface area contributed by atoms with Crippen LogP contribution in [0.3, 0.4) is 0 Å². The second kappa shape index (κ2) is 7.76. The Bertz CT molecular complexity index is 159. The number of hydrogen-bond acceptors (Lipinski definition) is 4. The highest BCUT2D eigenvalue weighted by atomic mass is 16.6. The lowest BCUT2D eigenvalue weighted by Crippen LogP contribution is -2.22. The first-order valence-corrected chi connectivity index (χ1v) is 5.09. The first-order chi connectivity index (χ1) is 6.56. The molecular formula is C10H21NO3. The maximum absolute atomic E-state index is 11.2. The molecule has 0 fully saturated rings. The van der Waals surface area contributed by atoms with Gasteiger partial charge in [0.2, 0.25) is 0 Å². The minimum absolute atomic E-state index is 0.0461. The summed E-state index contributed by atoms with van der Waals surface area (Å²) in [6.07, 6.45) is 0.879. The first kappa shape index (κ1) is 13.4. The Hall–Kier alpha value is -0.610. The van der Waals surface area contributed by atoms with Gasteiger partial charge in [0.1, 0.15) is 6.10 Å². The number of carbonyl (C=O) groups is 1. The lowest BCUT2D eigenvalue weighted by Gasteiger charge is -2.13. The van der Waals surface area contributed by atoms with Gasteiger partial charge in [-0.15, -0.1) is 0 Å². The van der Waals surface area contributed by atoms with E-state index >= 15 is 0 Å². The fourth-order valence-corrected chi connectivity index (χ4v) is 0.947. The van der Waals surface area contributed by atoms with Gasteiger partial charge in [0.25, 0.3) is 0 Å². The van der Waals surface area contributed by atoms with Crippen LogP contribution in [0.5, 0.6) is 0 Å². The Balaban J connectivity index is 3.50. The topological polar surface area (TPSA) is 61.5 Å². The zero-order valence-corrected chi connectivity index (χ0v) is 9.29. The highest BCUT2D eigenvalue weighted by Gasteiger charge is 2.09. The summed E-state index contributed by atoms with van der Waals surface area (Å²) in [5.41, 5.74) is 5.52. The Morgan fingerprint density at radius 2 is 2.07 bits per heavy atom. The molecule has 4 nitrogen and oxygen atoms in total. The molecule has 4 heteroatoms. The van der Waals surface area contributed by atoms with Crippen LogP contribution in [0.2, 0.25) is 0 Å². The predicted molar refractivity (Wildman–Crippen MR) is 54.9 cm³/mol. The van der Waals surface area contributed by atoms with Crippen molar-refractivity contribution in [1.29, 1.82) is 0 Å². The van der Waals surface area contributed by atoms with Crippen LogP contribution in [0.15, 0.2) is 0 Å². The Morgan fingerprint density at radius 3 is 2.57 bits per heavy atom. The number of esters is 1. The fourth-order valence-electron chi connectivity index (χ4n) is 0.947. The number of nitrogens with two attached hydrogens (primary N) is 1. The zero-order chi connectivity index (χ0) is 11.0. The zero-order valence-electron chi connectivity index (χ0n) is 9.29. The van der Waals surface area contributed by atoms with E-state index in [0.29, 0.717) is 26.1 Å². The van der Waals surface area contributed by atoms with Gasteiger partial charge in [0.15, 0.2) is 0 Å². The van der Waals surface area contributed by atoms with Crippen molar-refractivity contribution in [2.75, 3.05) is 13.2 Å². The molecule has 0 aliphatic carbocycles. The summed E-state index contributed by atoms with van der Waals surface area (Å²) in [6, 6.07) is 0.0461. The van der Waals surface area contributed by atoms with Gasteiger partial charge in [0, 0.05) is 19.1 Å². The average molecular weight is 203 g/mol. The minimum Gasteiger partial charge on any atom is -0.460 e. The van der Waals surface area contributed by atoms with E-state index in [-0.39, 0.29) is 18.1 Å². The van der Waals surface area contributed by atoms with Crippen LogP contribution in [0, 0.1) is 0 Å². The number of carbonyl (C=O) groups excluding carboxylic acids is 1. The van der Waals surface area contributed by atoms with E-state index in [1.54, 1.807) is 0 Å². The molecule has 0 aliphatic heterocycles. The van der Waals surface area contributed by atoms with Gasteiger partial charge >= 0.3 is 5.97 Å². The molecule has 0 aromatic heterocycles. The lowest BCUT2D eigenvalue weighted by molar-refractivity contribution is -0.151. The maximum atomic E-state index is 11.2. The Kier molecular flexibility index (Phi) is 7.42. The SMILES string of the molecule is CCOCC(C)OC(=O)CCC(C)N. The summed E-state index contributed by atoms with van der Waals surface area (Å²) in [5.74, 6) is -0.200. The summed E-state index contributed by atoms with van der Waals surface area (Å²) in [5, 5.41) is 0. The van der Waals surface area contributed by atoms with E-state index in [0.717, 1.165) is 0 Å². The normalized spacial score (nSPS) is 14.9. The third kappa shape index (κ3) is 8.01. The monoisotopic (exact) mass is 203 g/mol. The minimum atomic E-state index is -0.200. The van der Waals surface area contributed by atoms with Crippen molar-refractivity contribution in [2.24, 2.45) is 5.73 Å². The van der Waals surface area contributed by atoms with Crippen LogP contribution in [-0.2, 0) is 14.3 Å². The largest absolute Gasteiger partial charge is 0.460 e. The van der Waals surface area contributed by atoms with Gasteiger partial charge in [-0.05, 0) is 27.2 Å². The molecule has 2 unspecified atom stereocenters. The summed E-state index contributed by atoms with van der Waals surface area (Å²) < 4.78 is 10.2. The van der Waals surface area contributed by atoms with Crippen LogP contribution in [-0.4, -0.2) is 31.3 Å². The molecule has 2 N–H and O–H groups in total. The molecular weight excluding hydrogens is 182 g/mol. The molecule has 0 heterocycles. The summed E-state index contributed by atoms with van der Waals surface area (Å²) in [4.78, 5) is 11.2. The Morgan fingerprint density at radius 1 is 1.43 bits per heavy atom. The fraction of sp³-hybridized carbons (Fsp3) is 0.900. The molecule has 0 aliphatic rings. The quantitative estimate of drug-likeness (QED) is 0.629. The van der Waals surface area contributed by atoms with E-state index in [1.165, 1.54) is 0 Å². The molecule has 84 valence electrons. The second-order valence-corrected chi connectivity index (χ2v) is 3.48. The van der Waals surface area contributed by atoms with Crippen molar-refractivity contribution in [3.63, 3.8) is 0 Å². The van der Waals surface area contributed by atoms with Gasteiger partial charge in [-0.25, -0.2) is 0 Å². The summed E-state index contributed by atoms with van der Waals surface area (Å²) >= 11 is 0. The predicted octanol–water partition coefficient (Wildman–Crippen LogP) is 1.08. The van der Waals surface area contributed by atoms with Crippen molar-refractivity contribution in [1.82, 2.24) is 0 Å². The van der Waals surface area contributed by atoms with Crippen LogP contribution >= 0.6 is 0 Å². The molecule has 0 radical (unpaired) electrons. The lowest BCUT2D eigenvalue weighted by atomic mass is 10.2. The van der Waals surface area contributed by atoms with Crippen LogP contribution in [0.25, 0.3) is 0 Å². The highest BCUT2D eigenvalue weighted by Crippen LogP contribution is 2.00. The first-order valence-electron chi connectivity index (χ1n) is 5.09. The average Bonchev–Trinajstić information content (AvgIpc) is 2.11. The van der Waals surface area contributed by atoms with Gasteiger partial charge < -0.3 is 15.2 Å². The maximum Gasteiger partial charge on any atom is 0.306 e. The van der Waals surface area contributed by atoms with Crippen molar-refractivity contribution < 1.29 is 14.3 Å². The number of rotatable bonds is 7. The van der Waals surface area contributed by atoms with Gasteiger partial charge in [0.05, 0.1) is 6.61 Å². The highest BCUT2D eigenvalue weighted by molar-refractivity contribution is 5.69. The number of hydrogen-bond donors (Lipinski definition) is 1. The standard InChI is InChI=1S/C10H21NO3/c1-4-13-7-9(3)14-10(12)6-5-8(2)11/h8-9H,4-7,11H2,1-3H3. The molecule has 0 bridgehead atoms. The second-order valence-electron chi connectivity index (χ2n) is 3.48. The molecule has 14 heavy (non-hydrogen) atoms. The van der Waals surface area contributed by atoms with Crippen molar-refractivity contribution in [2.45, 2.75) is 45.8 Å².